The van der Waals surface area contributed by atoms with Crippen LogP contribution in [0.1, 0.15) is 58.4 Å². The van der Waals surface area contributed by atoms with Crippen LogP contribution in [-0.4, -0.2) is 73.3 Å². The summed E-state index contributed by atoms with van der Waals surface area (Å²) in [6.07, 6.45) is 5.03. The number of likely N-dealkylation sites (tertiary alicyclic amines) is 1. The average molecular weight is 625 g/mol. The number of carbonyl (C=O) groups is 2. The summed E-state index contributed by atoms with van der Waals surface area (Å²) in [7, 11) is -3.33. The Hall–Kier alpha value is -3.02. The van der Waals surface area contributed by atoms with E-state index in [1.807, 2.05) is 43.0 Å². The van der Waals surface area contributed by atoms with Gasteiger partial charge in [0.2, 0.25) is 10.0 Å². The Labute approximate surface area is 256 Å². The molecule has 1 aliphatic rings. The summed E-state index contributed by atoms with van der Waals surface area (Å²) in [4.78, 5) is 29.1. The number of anilines is 1. The molecule has 1 aliphatic heterocycles. The van der Waals surface area contributed by atoms with Crippen molar-refractivity contribution in [2.75, 3.05) is 30.6 Å². The van der Waals surface area contributed by atoms with Crippen LogP contribution >= 0.6 is 12.4 Å². The topological polar surface area (TPSA) is 128 Å². The van der Waals surface area contributed by atoms with Gasteiger partial charge in [-0.2, -0.15) is 0 Å². The Balaban J connectivity index is 0.00000616. The van der Waals surface area contributed by atoms with Crippen LogP contribution in [0.2, 0.25) is 0 Å². The number of unbranched alkanes of at least 4 members (excludes halogenated alkanes) is 1. The van der Waals surface area contributed by atoms with Gasteiger partial charge >= 0.3 is 12.0 Å². The van der Waals surface area contributed by atoms with Crippen LogP contribution in [0.4, 0.5) is 10.5 Å². The molecule has 10 nitrogen and oxygen atoms in total. The van der Waals surface area contributed by atoms with Crippen molar-refractivity contribution in [3.05, 3.63) is 54.1 Å². The van der Waals surface area contributed by atoms with Crippen molar-refractivity contribution in [1.29, 1.82) is 0 Å². The predicted molar refractivity (Wildman–Crippen MR) is 168 cm³/mol. The summed E-state index contributed by atoms with van der Waals surface area (Å²) < 4.78 is 31.1. The molecule has 1 heterocycles. The Morgan fingerprint density at radius 2 is 1.62 bits per heavy atom. The highest BCUT2D eigenvalue weighted by molar-refractivity contribution is 7.92. The van der Waals surface area contributed by atoms with Crippen molar-refractivity contribution in [2.45, 2.75) is 71.5 Å². The molecule has 0 spiro atoms. The Morgan fingerprint density at radius 3 is 2.12 bits per heavy atom. The van der Waals surface area contributed by atoms with E-state index in [1.54, 1.807) is 24.3 Å². The minimum atomic E-state index is -3.33. The molecule has 1 saturated heterocycles. The number of amides is 2. The number of nitrogens with one attached hydrogen (secondary N) is 2. The first-order valence-electron chi connectivity index (χ1n) is 14.3. The van der Waals surface area contributed by atoms with E-state index in [1.165, 1.54) is 0 Å². The number of hydrogen-bond donors (Lipinski definition) is 3. The van der Waals surface area contributed by atoms with Gasteiger partial charge in [0.15, 0.2) is 0 Å². The Kier molecular flexibility index (Phi) is 13.9. The molecule has 2 aromatic carbocycles. The number of halogens is 1. The maximum atomic E-state index is 13.2. The summed E-state index contributed by atoms with van der Waals surface area (Å²) in [5.74, 6) is 0.469. The van der Waals surface area contributed by atoms with E-state index < -0.39 is 22.0 Å². The quantitative estimate of drug-likeness (QED) is 0.251. The van der Waals surface area contributed by atoms with Gasteiger partial charge in [0.25, 0.3) is 0 Å². The van der Waals surface area contributed by atoms with Crippen molar-refractivity contribution in [2.24, 2.45) is 5.92 Å². The number of carboxylic acid groups (broad SMARTS) is 1. The smallest absolute Gasteiger partial charge is 0.326 e. The number of carboxylic acids is 1. The Bertz CT molecular complexity index is 1230. The molecule has 0 radical (unpaired) electrons. The summed E-state index contributed by atoms with van der Waals surface area (Å²) in [6, 6.07) is 13.5. The van der Waals surface area contributed by atoms with Crippen molar-refractivity contribution in [3.8, 4) is 11.5 Å². The number of benzene rings is 2. The highest BCUT2D eigenvalue weighted by Crippen LogP contribution is 2.25. The molecule has 2 aromatic rings. The first-order valence-corrected chi connectivity index (χ1v) is 16.2. The molecule has 12 heteroatoms. The SMILES string of the molecule is CCCCN(C(=O)NC(CC(C)C)C(=O)O)C1CCN(Cc2ccc(Oc3ccc(NS(C)(=O)=O)cc3)cc2)CC1.Cl. The molecule has 1 unspecified atom stereocenters. The highest BCUT2D eigenvalue weighted by Gasteiger charge is 2.30. The third-order valence-corrected chi connectivity index (χ3v) is 7.64. The van der Waals surface area contributed by atoms with Crippen molar-refractivity contribution < 1.29 is 27.9 Å². The molecule has 1 atom stereocenters. The van der Waals surface area contributed by atoms with Gasteiger partial charge in [-0.3, -0.25) is 9.62 Å². The van der Waals surface area contributed by atoms with Crippen molar-refractivity contribution in [3.63, 3.8) is 0 Å². The number of sulfonamides is 1. The van der Waals surface area contributed by atoms with Crippen LogP contribution in [0, 0.1) is 5.92 Å². The Morgan fingerprint density at radius 1 is 1.05 bits per heavy atom. The zero-order valence-electron chi connectivity index (χ0n) is 24.9. The number of nitrogens with zero attached hydrogens (tertiary/aromatic N) is 2. The van der Waals surface area contributed by atoms with E-state index in [4.69, 9.17) is 4.74 Å². The fourth-order valence-corrected chi connectivity index (χ4v) is 5.52. The fourth-order valence-electron chi connectivity index (χ4n) is 4.95. The van der Waals surface area contributed by atoms with Gasteiger partial charge in [0, 0.05) is 37.9 Å². The van der Waals surface area contributed by atoms with Crippen LogP contribution in [0.15, 0.2) is 48.5 Å². The molecule has 3 N–H and O–H groups in total. The minimum Gasteiger partial charge on any atom is -0.480 e. The number of rotatable bonds is 14. The number of carbonyl (C=O) groups excluding carboxylic acids is 1. The number of ether oxygens (including phenoxy) is 1. The first kappa shape index (κ1) is 35.2. The van der Waals surface area contributed by atoms with Crippen LogP contribution in [0.3, 0.4) is 0 Å². The lowest BCUT2D eigenvalue weighted by Gasteiger charge is -2.39. The maximum absolute atomic E-state index is 13.2. The molecular weight excluding hydrogens is 580 g/mol. The molecular formula is C30H45ClN4O6S. The van der Waals surface area contributed by atoms with Crippen LogP contribution in [0.5, 0.6) is 11.5 Å². The van der Waals surface area contributed by atoms with E-state index >= 15 is 0 Å². The number of piperidine rings is 1. The van der Waals surface area contributed by atoms with Gasteiger partial charge < -0.3 is 20.1 Å². The molecule has 0 aromatic heterocycles. The zero-order valence-corrected chi connectivity index (χ0v) is 26.5. The number of aliphatic carboxylic acids is 1. The van der Waals surface area contributed by atoms with E-state index in [-0.39, 0.29) is 30.4 Å². The lowest BCUT2D eigenvalue weighted by atomic mass is 10.0. The molecule has 42 heavy (non-hydrogen) atoms. The summed E-state index contributed by atoms with van der Waals surface area (Å²) in [5, 5.41) is 12.4. The highest BCUT2D eigenvalue weighted by atomic mass is 35.5. The number of hydrogen-bond acceptors (Lipinski definition) is 6. The predicted octanol–water partition coefficient (Wildman–Crippen LogP) is 5.55. The lowest BCUT2D eigenvalue weighted by Crippen LogP contribution is -2.54. The minimum absolute atomic E-state index is 0. The van der Waals surface area contributed by atoms with Crippen LogP contribution in [0.25, 0.3) is 0 Å². The van der Waals surface area contributed by atoms with Gasteiger partial charge in [0.1, 0.15) is 17.5 Å². The van der Waals surface area contributed by atoms with Gasteiger partial charge in [-0.15, -0.1) is 12.4 Å². The molecule has 3 rings (SSSR count). The summed E-state index contributed by atoms with van der Waals surface area (Å²) in [5.41, 5.74) is 1.63. The number of urea groups is 1. The largest absolute Gasteiger partial charge is 0.480 e. The second kappa shape index (κ2) is 16.6. The zero-order chi connectivity index (χ0) is 30.0. The van der Waals surface area contributed by atoms with Crippen LogP contribution < -0.4 is 14.8 Å². The van der Waals surface area contributed by atoms with Crippen molar-refractivity contribution in [1.82, 2.24) is 15.1 Å². The van der Waals surface area contributed by atoms with E-state index in [0.29, 0.717) is 30.2 Å². The standard InChI is InChI=1S/C30H44N4O6S.ClH/c1-5-6-17-34(30(37)31-28(29(35)36)20-22(2)3)25-15-18-33(19-16-25)21-23-7-11-26(12-8-23)40-27-13-9-24(10-14-27)32-41(4,38)39;/h7-14,22,25,28,32H,5-6,15-21H2,1-4H3,(H,31,37)(H,35,36);1H. The third kappa shape index (κ3) is 11.7. The molecule has 0 bridgehead atoms. The summed E-state index contributed by atoms with van der Waals surface area (Å²) in [6.45, 7) is 9.10. The van der Waals surface area contributed by atoms with Gasteiger partial charge in [0.05, 0.1) is 6.26 Å². The summed E-state index contributed by atoms with van der Waals surface area (Å²) >= 11 is 0. The lowest BCUT2D eigenvalue weighted by molar-refractivity contribution is -0.139. The molecule has 234 valence electrons. The monoisotopic (exact) mass is 624 g/mol. The van der Waals surface area contributed by atoms with Crippen LogP contribution in [-0.2, 0) is 21.4 Å². The van der Waals surface area contributed by atoms with Gasteiger partial charge in [-0.25, -0.2) is 18.0 Å². The van der Waals surface area contributed by atoms with Gasteiger partial charge in [-0.05, 0) is 73.6 Å². The fraction of sp³-hybridized carbons (Fsp3) is 0.533. The molecule has 0 saturated carbocycles. The van der Waals surface area contributed by atoms with Crippen molar-refractivity contribution >= 4 is 40.1 Å². The normalized spacial score (nSPS) is 15.0. The maximum Gasteiger partial charge on any atom is 0.326 e. The van der Waals surface area contributed by atoms with Gasteiger partial charge in [-0.1, -0.05) is 39.3 Å². The second-order valence-corrected chi connectivity index (χ2v) is 12.9. The second-order valence-electron chi connectivity index (χ2n) is 11.2. The molecule has 1 fully saturated rings. The first-order chi connectivity index (χ1) is 19.4. The molecule has 0 aliphatic carbocycles. The molecule has 2 amide bonds. The van der Waals surface area contributed by atoms with E-state index in [0.717, 1.165) is 57.1 Å². The third-order valence-electron chi connectivity index (χ3n) is 7.04. The van der Waals surface area contributed by atoms with E-state index in [2.05, 4.69) is 21.9 Å². The van der Waals surface area contributed by atoms with E-state index in [9.17, 15) is 23.1 Å². The average Bonchev–Trinajstić information content (AvgIpc) is 2.90.